The van der Waals surface area contributed by atoms with E-state index in [4.69, 9.17) is 21.4 Å². The first kappa shape index (κ1) is 22.3. The lowest BCUT2D eigenvalue weighted by atomic mass is 10.0. The zero-order valence-electron chi connectivity index (χ0n) is 16.2. The lowest BCUT2D eigenvalue weighted by Crippen LogP contribution is -2.32. The van der Waals surface area contributed by atoms with Crippen LogP contribution in [0.25, 0.3) is 0 Å². The second-order valence-electron chi connectivity index (χ2n) is 7.09. The molecule has 1 aliphatic carbocycles. The van der Waals surface area contributed by atoms with Gasteiger partial charge in [-0.15, -0.1) is 0 Å². The van der Waals surface area contributed by atoms with Gasteiger partial charge in [0.1, 0.15) is 0 Å². The van der Waals surface area contributed by atoms with Gasteiger partial charge in [-0.1, -0.05) is 0 Å². The number of fused-ring (bicyclic) bond motifs is 1. The van der Waals surface area contributed by atoms with E-state index >= 15 is 0 Å². The van der Waals surface area contributed by atoms with Gasteiger partial charge in [0.25, 0.3) is 17.8 Å². The summed E-state index contributed by atoms with van der Waals surface area (Å²) in [7, 11) is -3.42. The van der Waals surface area contributed by atoms with E-state index in [1.54, 1.807) is 4.90 Å². The molecule has 1 atom stereocenters. The summed E-state index contributed by atoms with van der Waals surface area (Å²) in [6.45, 7) is 1.63. The highest BCUT2D eigenvalue weighted by Gasteiger charge is 2.40. The monoisotopic (exact) mass is 424 g/mol. The highest BCUT2D eigenvalue weighted by molar-refractivity contribution is 7.90. The number of carboxylic acid groups (broad SMARTS) is 1. The maximum absolute atomic E-state index is 12.7. The van der Waals surface area contributed by atoms with Gasteiger partial charge in [0.15, 0.2) is 15.8 Å². The van der Waals surface area contributed by atoms with Gasteiger partial charge >= 0.3 is 0 Å². The minimum Gasteiger partial charge on any atom is -0.481 e. The van der Waals surface area contributed by atoms with Crippen LogP contribution >= 0.6 is 0 Å². The molecule has 11 heteroatoms. The fraction of sp³-hybridized carbons (Fsp3) is 0.444. The molecule has 0 bridgehead atoms. The van der Waals surface area contributed by atoms with Gasteiger partial charge in [-0.05, 0) is 42.5 Å². The van der Waals surface area contributed by atoms with Crippen LogP contribution in [0.3, 0.4) is 0 Å². The van der Waals surface area contributed by atoms with Crippen molar-refractivity contribution in [3.63, 3.8) is 0 Å². The van der Waals surface area contributed by atoms with E-state index in [0.29, 0.717) is 23.6 Å². The second kappa shape index (κ2) is 8.60. The standard InChI is InChI=1S/C16H20N4O4S.C2H4O2/c1-25(23,24)10-4-5-11-12(6-10)13(7-14(21)19-16(17)18)20(15(11)22)8-9-2-3-9;1-2(3)4/h4-6,9,13H,2-3,7-8H2,1H3,(H4,17,18,19,21);1H3,(H,3,4). The van der Waals surface area contributed by atoms with Crippen molar-refractivity contribution in [2.45, 2.75) is 37.1 Å². The molecule has 1 heterocycles. The Morgan fingerprint density at radius 1 is 1.28 bits per heavy atom. The lowest BCUT2D eigenvalue weighted by Gasteiger charge is -2.24. The van der Waals surface area contributed by atoms with E-state index in [0.717, 1.165) is 26.0 Å². The van der Waals surface area contributed by atoms with Crippen molar-refractivity contribution in [2.75, 3.05) is 12.8 Å². The van der Waals surface area contributed by atoms with Gasteiger partial charge in [0, 0.05) is 25.3 Å². The number of sulfone groups is 1. The van der Waals surface area contributed by atoms with Crippen molar-refractivity contribution in [3.8, 4) is 0 Å². The van der Waals surface area contributed by atoms with Crippen molar-refractivity contribution in [1.29, 1.82) is 0 Å². The van der Waals surface area contributed by atoms with Crippen LogP contribution in [0.1, 0.15) is 48.1 Å². The number of nitrogens with zero attached hydrogens (tertiary/aromatic N) is 2. The van der Waals surface area contributed by atoms with Crippen LogP contribution in [0.15, 0.2) is 28.1 Å². The summed E-state index contributed by atoms with van der Waals surface area (Å²) in [6.07, 6.45) is 3.11. The first-order valence-corrected chi connectivity index (χ1v) is 10.8. The first-order valence-electron chi connectivity index (χ1n) is 8.87. The molecule has 0 spiro atoms. The fourth-order valence-corrected chi connectivity index (χ4v) is 3.73. The van der Waals surface area contributed by atoms with Gasteiger partial charge < -0.3 is 21.5 Å². The average molecular weight is 424 g/mol. The highest BCUT2D eigenvalue weighted by Crippen LogP contribution is 2.41. The van der Waals surface area contributed by atoms with Gasteiger partial charge in [0.2, 0.25) is 0 Å². The summed E-state index contributed by atoms with van der Waals surface area (Å²) < 4.78 is 23.7. The third-order valence-corrected chi connectivity index (χ3v) is 5.56. The Hall–Kier alpha value is -2.95. The molecule has 1 unspecified atom stereocenters. The molecule has 0 aromatic heterocycles. The van der Waals surface area contributed by atoms with Crippen LogP contribution in [0, 0.1) is 5.92 Å². The number of amides is 2. The molecule has 29 heavy (non-hydrogen) atoms. The second-order valence-corrected chi connectivity index (χ2v) is 9.11. The summed E-state index contributed by atoms with van der Waals surface area (Å²) in [5.74, 6) is -1.48. The van der Waals surface area contributed by atoms with Crippen LogP contribution in [0.4, 0.5) is 0 Å². The Kier molecular flexibility index (Phi) is 6.62. The molecule has 10 nitrogen and oxygen atoms in total. The van der Waals surface area contributed by atoms with Crippen molar-refractivity contribution in [2.24, 2.45) is 22.4 Å². The molecule has 2 aliphatic rings. The van der Waals surface area contributed by atoms with Crippen LogP contribution in [-0.2, 0) is 19.4 Å². The van der Waals surface area contributed by atoms with Crippen molar-refractivity contribution < 1.29 is 27.9 Å². The Morgan fingerprint density at radius 2 is 1.86 bits per heavy atom. The van der Waals surface area contributed by atoms with Crippen molar-refractivity contribution in [3.05, 3.63) is 29.3 Å². The Balaban J connectivity index is 0.000000687. The number of aliphatic carboxylic acids is 1. The summed E-state index contributed by atoms with van der Waals surface area (Å²) in [4.78, 5) is 39.0. The number of carbonyl (C=O) groups is 3. The summed E-state index contributed by atoms with van der Waals surface area (Å²) in [5, 5.41) is 7.42. The summed E-state index contributed by atoms with van der Waals surface area (Å²) in [5.41, 5.74) is 11.4. The number of aliphatic imine (C=N–C) groups is 1. The number of guanidine groups is 1. The Labute approximate surface area is 168 Å². The quantitative estimate of drug-likeness (QED) is 0.446. The van der Waals surface area contributed by atoms with Crippen LogP contribution < -0.4 is 11.5 Å². The van der Waals surface area contributed by atoms with Gasteiger partial charge in [-0.25, -0.2) is 8.42 Å². The van der Waals surface area contributed by atoms with Crippen LogP contribution in [-0.4, -0.2) is 55.0 Å². The average Bonchev–Trinajstić information content (AvgIpc) is 3.35. The smallest absolute Gasteiger partial charge is 0.300 e. The Morgan fingerprint density at radius 3 is 2.34 bits per heavy atom. The molecule has 1 aromatic rings. The molecule has 5 N–H and O–H groups in total. The third-order valence-electron chi connectivity index (χ3n) is 4.45. The lowest BCUT2D eigenvalue weighted by molar-refractivity contribution is -0.134. The van der Waals surface area contributed by atoms with Crippen LogP contribution in [0.2, 0.25) is 0 Å². The molecule has 3 rings (SSSR count). The molecule has 2 amide bonds. The topological polar surface area (TPSA) is 173 Å². The minimum absolute atomic E-state index is 0.0867. The maximum Gasteiger partial charge on any atom is 0.300 e. The zero-order valence-corrected chi connectivity index (χ0v) is 17.0. The zero-order chi connectivity index (χ0) is 21.9. The fourth-order valence-electron chi connectivity index (χ4n) is 3.07. The largest absolute Gasteiger partial charge is 0.481 e. The first-order chi connectivity index (χ1) is 13.4. The number of carboxylic acids is 1. The predicted octanol–water partition coefficient (Wildman–Crippen LogP) is 0.278. The number of hydrogen-bond donors (Lipinski definition) is 3. The maximum atomic E-state index is 12.7. The van der Waals surface area contributed by atoms with E-state index in [1.165, 1.54) is 18.2 Å². The molecule has 1 fully saturated rings. The molecule has 1 aliphatic heterocycles. The van der Waals surface area contributed by atoms with Gasteiger partial charge in [-0.2, -0.15) is 4.99 Å². The Bertz CT molecular complexity index is 961. The van der Waals surface area contributed by atoms with E-state index < -0.39 is 27.8 Å². The number of carbonyl (C=O) groups excluding carboxylic acids is 2. The molecular weight excluding hydrogens is 400 g/mol. The van der Waals surface area contributed by atoms with Crippen molar-refractivity contribution >= 4 is 33.6 Å². The molecule has 1 saturated carbocycles. The van der Waals surface area contributed by atoms with E-state index in [2.05, 4.69) is 4.99 Å². The van der Waals surface area contributed by atoms with Gasteiger partial charge in [0.05, 0.1) is 17.4 Å². The minimum atomic E-state index is -3.42. The van der Waals surface area contributed by atoms with Gasteiger partial charge in [-0.3, -0.25) is 14.4 Å². The SMILES string of the molecule is CC(=O)O.CS(=O)(=O)c1ccc2c(c1)C(CC(=O)N=C(N)N)N(CC1CC1)C2=O. The van der Waals surface area contributed by atoms with E-state index in [-0.39, 0.29) is 23.2 Å². The summed E-state index contributed by atoms with van der Waals surface area (Å²) >= 11 is 0. The number of rotatable bonds is 5. The van der Waals surface area contributed by atoms with Crippen LogP contribution in [0.5, 0.6) is 0 Å². The third kappa shape index (κ3) is 6.01. The predicted molar refractivity (Wildman–Crippen MR) is 105 cm³/mol. The molecular formula is C18H24N4O6S. The number of hydrogen-bond acceptors (Lipinski definition) is 5. The van der Waals surface area contributed by atoms with E-state index in [1.807, 2.05) is 0 Å². The molecule has 0 saturated heterocycles. The number of nitrogens with two attached hydrogens (primary N) is 2. The van der Waals surface area contributed by atoms with E-state index in [9.17, 15) is 18.0 Å². The highest BCUT2D eigenvalue weighted by atomic mass is 32.2. The molecule has 1 aromatic carbocycles. The summed E-state index contributed by atoms with van der Waals surface area (Å²) in [6, 6.07) is 3.85. The number of benzene rings is 1. The molecule has 0 radical (unpaired) electrons. The molecule has 158 valence electrons. The normalized spacial score (nSPS) is 17.8. The van der Waals surface area contributed by atoms with Crippen molar-refractivity contribution in [1.82, 2.24) is 4.90 Å².